The van der Waals surface area contributed by atoms with Crippen molar-refractivity contribution in [2.24, 2.45) is 0 Å². The normalized spacial score (nSPS) is 11.7. The van der Waals surface area contributed by atoms with E-state index >= 15 is 0 Å². The van der Waals surface area contributed by atoms with Crippen molar-refractivity contribution in [2.75, 3.05) is 12.5 Å². The van der Waals surface area contributed by atoms with Crippen molar-refractivity contribution >= 4 is 28.6 Å². The third kappa shape index (κ3) is 4.41. The van der Waals surface area contributed by atoms with Crippen molar-refractivity contribution in [3.63, 3.8) is 0 Å². The Kier molecular flexibility index (Phi) is 5.58. The number of carbonyl (C=O) groups excluding carboxylic acids is 1. The van der Waals surface area contributed by atoms with Crippen molar-refractivity contribution in [1.82, 2.24) is 4.57 Å². The molecule has 0 aliphatic rings. The minimum atomic E-state index is -0.539. The van der Waals surface area contributed by atoms with Crippen LogP contribution in [0.3, 0.4) is 0 Å². The number of hydrogen-bond acceptors (Lipinski definition) is 3. The Morgan fingerprint density at radius 1 is 1.26 bits per heavy atom. The van der Waals surface area contributed by atoms with Crippen molar-refractivity contribution in [3.8, 4) is 5.75 Å². The first-order valence-electron chi connectivity index (χ1n) is 7.92. The largest absolute Gasteiger partial charge is 0.494 e. The Bertz CT molecular complexity index is 685. The lowest BCUT2D eigenvalue weighted by molar-refractivity contribution is 0.0540. The van der Waals surface area contributed by atoms with E-state index in [-0.39, 0.29) is 6.09 Å². The van der Waals surface area contributed by atoms with Gasteiger partial charge >= 0.3 is 6.09 Å². The second-order valence-electron chi connectivity index (χ2n) is 6.40. The van der Waals surface area contributed by atoms with Gasteiger partial charge in [0.05, 0.1) is 12.1 Å². The molecule has 23 heavy (non-hydrogen) atoms. The number of aromatic nitrogens is 1. The van der Waals surface area contributed by atoms with E-state index in [0.717, 1.165) is 35.2 Å². The highest BCUT2D eigenvalue weighted by molar-refractivity contribution is 6.17. The van der Waals surface area contributed by atoms with Crippen LogP contribution in [-0.2, 0) is 11.2 Å². The van der Waals surface area contributed by atoms with Crippen LogP contribution in [0.4, 0.5) is 4.79 Å². The third-order valence-electron chi connectivity index (χ3n) is 3.30. The molecule has 0 bridgehead atoms. The summed E-state index contributed by atoms with van der Waals surface area (Å²) in [4.78, 5) is 12.6. The topological polar surface area (TPSA) is 40.5 Å². The average molecular weight is 338 g/mol. The van der Waals surface area contributed by atoms with Gasteiger partial charge in [-0.05, 0) is 64.8 Å². The molecule has 0 saturated carbocycles. The second kappa shape index (κ2) is 7.26. The zero-order valence-electron chi connectivity index (χ0n) is 14.2. The SMILES string of the molecule is CCOc1ccc2c(c1)cc(CCCCl)n2C(=O)OC(C)(C)C. The van der Waals surface area contributed by atoms with Gasteiger partial charge in [-0.25, -0.2) is 9.36 Å². The molecule has 5 heteroatoms. The monoisotopic (exact) mass is 337 g/mol. The van der Waals surface area contributed by atoms with Crippen molar-refractivity contribution in [1.29, 1.82) is 0 Å². The third-order valence-corrected chi connectivity index (χ3v) is 3.57. The molecule has 0 fully saturated rings. The molecule has 0 spiro atoms. The Morgan fingerprint density at radius 2 is 2.00 bits per heavy atom. The van der Waals surface area contributed by atoms with E-state index < -0.39 is 5.60 Å². The van der Waals surface area contributed by atoms with Crippen LogP contribution in [0.15, 0.2) is 24.3 Å². The molecule has 0 amide bonds. The van der Waals surface area contributed by atoms with Crippen LogP contribution in [0.5, 0.6) is 5.75 Å². The van der Waals surface area contributed by atoms with Gasteiger partial charge in [0.25, 0.3) is 0 Å². The van der Waals surface area contributed by atoms with Gasteiger partial charge in [0.2, 0.25) is 0 Å². The summed E-state index contributed by atoms with van der Waals surface area (Å²) < 4.78 is 12.7. The lowest BCUT2D eigenvalue weighted by atomic mass is 10.2. The van der Waals surface area contributed by atoms with Gasteiger partial charge in [-0.2, -0.15) is 0 Å². The van der Waals surface area contributed by atoms with Crippen LogP contribution >= 0.6 is 11.6 Å². The van der Waals surface area contributed by atoms with Crippen molar-refractivity contribution in [2.45, 2.75) is 46.1 Å². The Labute approximate surface area is 142 Å². The number of ether oxygens (including phenoxy) is 2. The predicted octanol–water partition coefficient (Wildman–Crippen LogP) is 4.99. The van der Waals surface area contributed by atoms with Crippen LogP contribution < -0.4 is 4.74 Å². The molecular formula is C18H24ClNO3. The van der Waals surface area contributed by atoms with Gasteiger partial charge in [-0.15, -0.1) is 11.6 Å². The highest BCUT2D eigenvalue weighted by atomic mass is 35.5. The summed E-state index contributed by atoms with van der Waals surface area (Å²) in [6, 6.07) is 7.73. The fraction of sp³-hybridized carbons (Fsp3) is 0.500. The first-order chi connectivity index (χ1) is 10.9. The fourth-order valence-electron chi connectivity index (χ4n) is 2.46. The summed E-state index contributed by atoms with van der Waals surface area (Å²) in [5.41, 5.74) is 1.19. The van der Waals surface area contributed by atoms with E-state index in [1.165, 1.54) is 0 Å². The maximum Gasteiger partial charge on any atom is 0.419 e. The van der Waals surface area contributed by atoms with E-state index in [1.807, 2.05) is 52.0 Å². The van der Waals surface area contributed by atoms with E-state index in [2.05, 4.69) is 0 Å². The molecule has 0 unspecified atom stereocenters. The summed E-state index contributed by atoms with van der Waals surface area (Å²) in [6.45, 7) is 8.14. The molecule has 126 valence electrons. The van der Waals surface area contributed by atoms with E-state index in [0.29, 0.717) is 12.5 Å². The summed E-state index contributed by atoms with van der Waals surface area (Å²) >= 11 is 5.81. The Morgan fingerprint density at radius 3 is 2.61 bits per heavy atom. The van der Waals surface area contributed by atoms with Gasteiger partial charge in [0.1, 0.15) is 11.4 Å². The number of aryl methyl sites for hydroxylation is 1. The molecule has 0 saturated heterocycles. The molecule has 2 aromatic rings. The molecule has 1 aromatic carbocycles. The van der Waals surface area contributed by atoms with Crippen LogP contribution in [-0.4, -0.2) is 28.7 Å². The molecule has 0 radical (unpaired) electrons. The standard InChI is InChI=1S/C18H24ClNO3/c1-5-22-15-8-9-16-13(12-15)11-14(7-6-10-19)20(16)17(21)23-18(2,3)4/h8-9,11-12H,5-7,10H2,1-4H3. The molecule has 0 atom stereocenters. The molecule has 1 aromatic heterocycles. The maximum atomic E-state index is 12.6. The minimum Gasteiger partial charge on any atom is -0.494 e. The lowest BCUT2D eigenvalue weighted by Gasteiger charge is -2.21. The first kappa shape index (κ1) is 17.7. The smallest absolute Gasteiger partial charge is 0.419 e. The van der Waals surface area contributed by atoms with Crippen LogP contribution in [0.25, 0.3) is 10.9 Å². The number of rotatable bonds is 5. The summed E-state index contributed by atoms with van der Waals surface area (Å²) in [6.07, 6.45) is 1.17. The van der Waals surface area contributed by atoms with Gasteiger partial charge in [-0.3, -0.25) is 0 Å². The van der Waals surface area contributed by atoms with Gasteiger partial charge in [0, 0.05) is 17.0 Å². The number of alkyl halides is 1. The van der Waals surface area contributed by atoms with E-state index in [4.69, 9.17) is 21.1 Å². The number of hydrogen-bond donors (Lipinski definition) is 0. The van der Waals surface area contributed by atoms with Crippen LogP contribution in [0.1, 0.15) is 39.8 Å². The first-order valence-corrected chi connectivity index (χ1v) is 8.45. The number of fused-ring (bicyclic) bond motifs is 1. The molecule has 4 nitrogen and oxygen atoms in total. The highest BCUT2D eigenvalue weighted by Gasteiger charge is 2.22. The minimum absolute atomic E-state index is 0.360. The Balaban J connectivity index is 2.47. The zero-order valence-corrected chi connectivity index (χ0v) is 14.9. The highest BCUT2D eigenvalue weighted by Crippen LogP contribution is 2.26. The van der Waals surface area contributed by atoms with Crippen LogP contribution in [0, 0.1) is 0 Å². The van der Waals surface area contributed by atoms with Crippen LogP contribution in [0.2, 0.25) is 0 Å². The quantitative estimate of drug-likeness (QED) is 0.721. The number of benzene rings is 1. The summed E-state index contributed by atoms with van der Waals surface area (Å²) in [7, 11) is 0. The van der Waals surface area contributed by atoms with Gasteiger partial charge in [0.15, 0.2) is 0 Å². The predicted molar refractivity (Wildman–Crippen MR) is 93.8 cm³/mol. The lowest BCUT2D eigenvalue weighted by Crippen LogP contribution is -2.28. The molecule has 0 aliphatic carbocycles. The number of carbonyl (C=O) groups is 1. The maximum absolute atomic E-state index is 12.6. The zero-order chi connectivity index (χ0) is 17.0. The molecule has 2 rings (SSSR count). The molecule has 0 N–H and O–H groups in total. The molecule has 1 heterocycles. The number of nitrogens with zero attached hydrogens (tertiary/aromatic N) is 1. The van der Waals surface area contributed by atoms with Gasteiger partial charge < -0.3 is 9.47 Å². The fourth-order valence-corrected chi connectivity index (χ4v) is 2.60. The second-order valence-corrected chi connectivity index (χ2v) is 6.78. The summed E-state index contributed by atoms with van der Waals surface area (Å²) in [5.74, 6) is 1.35. The van der Waals surface area contributed by atoms with Gasteiger partial charge in [-0.1, -0.05) is 0 Å². The number of halogens is 1. The molecule has 0 aliphatic heterocycles. The van der Waals surface area contributed by atoms with E-state index in [9.17, 15) is 4.79 Å². The Hall–Kier alpha value is -1.68. The van der Waals surface area contributed by atoms with Crippen molar-refractivity contribution in [3.05, 3.63) is 30.0 Å². The van der Waals surface area contributed by atoms with E-state index in [1.54, 1.807) is 4.57 Å². The van der Waals surface area contributed by atoms with Crippen molar-refractivity contribution < 1.29 is 14.3 Å². The molecular weight excluding hydrogens is 314 g/mol. The summed E-state index contributed by atoms with van der Waals surface area (Å²) in [5, 5.41) is 0.964. The average Bonchev–Trinajstić information content (AvgIpc) is 2.81.